The van der Waals surface area contributed by atoms with Gasteiger partial charge < -0.3 is 0 Å². The predicted octanol–water partition coefficient (Wildman–Crippen LogP) is 1.92. The Labute approximate surface area is 67.6 Å². The van der Waals surface area contributed by atoms with E-state index < -0.39 is 0 Å². The summed E-state index contributed by atoms with van der Waals surface area (Å²) in [7, 11) is 0. The smallest absolute Gasteiger partial charge is 0.298 e. The van der Waals surface area contributed by atoms with Gasteiger partial charge in [0, 0.05) is 0 Å². The number of rotatable bonds is 3. The Morgan fingerprint density at radius 1 is 1.36 bits per heavy atom. The molecule has 11 heavy (non-hydrogen) atoms. The van der Waals surface area contributed by atoms with E-state index in [9.17, 15) is 4.79 Å². The summed E-state index contributed by atoms with van der Waals surface area (Å²) < 4.78 is 0. The Bertz CT molecular complexity index is 124. The zero-order valence-electron chi connectivity index (χ0n) is 7.64. The second-order valence-corrected chi connectivity index (χ2v) is 3.60. The van der Waals surface area contributed by atoms with Gasteiger partial charge >= 0.3 is 5.97 Å². The van der Waals surface area contributed by atoms with Gasteiger partial charge in [-0.3, -0.25) is 4.89 Å². The van der Waals surface area contributed by atoms with E-state index in [1.54, 1.807) is 6.92 Å². The molecule has 0 aromatic carbocycles. The van der Waals surface area contributed by atoms with Crippen LogP contribution in [-0.2, 0) is 14.6 Å². The molecule has 0 radical (unpaired) electrons. The van der Waals surface area contributed by atoms with Crippen LogP contribution in [0, 0.1) is 5.41 Å². The number of hydrogen-bond donors (Lipinski definition) is 0. The normalized spacial score (nSPS) is 11.3. The lowest BCUT2D eigenvalue weighted by molar-refractivity contribution is -0.271. The molecule has 0 spiro atoms. The molecule has 0 amide bonds. The average Bonchev–Trinajstić information content (AvgIpc) is 1.79. The van der Waals surface area contributed by atoms with Crippen molar-refractivity contribution >= 4 is 5.97 Å². The molecule has 0 saturated heterocycles. The van der Waals surface area contributed by atoms with Gasteiger partial charge in [0.15, 0.2) is 0 Å². The third-order valence-electron chi connectivity index (χ3n) is 0.944. The molecule has 0 heterocycles. The first-order valence-corrected chi connectivity index (χ1v) is 3.78. The zero-order chi connectivity index (χ0) is 8.91. The first kappa shape index (κ1) is 10.4. The standard InChI is InChI=1S/C8H16O3/c1-5-10-11-7(9)6-8(2,3)4/h5-6H2,1-4H3. The van der Waals surface area contributed by atoms with E-state index in [1.807, 2.05) is 20.8 Å². The molecule has 0 N–H and O–H groups in total. The van der Waals surface area contributed by atoms with Crippen molar-refractivity contribution in [1.29, 1.82) is 0 Å². The molecule has 0 aliphatic rings. The highest BCUT2D eigenvalue weighted by atomic mass is 17.2. The summed E-state index contributed by atoms with van der Waals surface area (Å²) in [6, 6.07) is 0. The summed E-state index contributed by atoms with van der Waals surface area (Å²) in [5.41, 5.74) is -0.0335. The summed E-state index contributed by atoms with van der Waals surface area (Å²) in [6.45, 7) is 8.08. The van der Waals surface area contributed by atoms with Crippen molar-refractivity contribution in [2.45, 2.75) is 34.1 Å². The molecule has 0 saturated carbocycles. The maximum atomic E-state index is 10.9. The second kappa shape index (κ2) is 4.34. The lowest BCUT2D eigenvalue weighted by atomic mass is 9.93. The molecule has 0 fully saturated rings. The number of carbonyl (C=O) groups is 1. The minimum atomic E-state index is -0.306. The minimum absolute atomic E-state index is 0.0335. The molecule has 0 aromatic heterocycles. The Balaban J connectivity index is 3.53. The molecule has 0 rings (SSSR count). The van der Waals surface area contributed by atoms with Crippen LogP contribution in [0.3, 0.4) is 0 Å². The maximum Gasteiger partial charge on any atom is 0.342 e. The fourth-order valence-electron chi connectivity index (χ4n) is 0.587. The molecule has 3 nitrogen and oxygen atoms in total. The quantitative estimate of drug-likeness (QED) is 0.467. The van der Waals surface area contributed by atoms with Gasteiger partial charge in [-0.25, -0.2) is 4.79 Å². The predicted molar refractivity (Wildman–Crippen MR) is 41.8 cm³/mol. The lowest BCUT2D eigenvalue weighted by Crippen LogP contribution is -2.15. The zero-order valence-corrected chi connectivity index (χ0v) is 7.64. The van der Waals surface area contributed by atoms with Crippen LogP contribution in [0.25, 0.3) is 0 Å². The van der Waals surface area contributed by atoms with Crippen LogP contribution < -0.4 is 0 Å². The van der Waals surface area contributed by atoms with Crippen molar-refractivity contribution in [3.8, 4) is 0 Å². The van der Waals surface area contributed by atoms with Gasteiger partial charge in [0.25, 0.3) is 0 Å². The average molecular weight is 160 g/mol. The van der Waals surface area contributed by atoms with Crippen molar-refractivity contribution in [3.05, 3.63) is 0 Å². The van der Waals surface area contributed by atoms with Gasteiger partial charge in [-0.2, -0.15) is 4.89 Å². The lowest BCUT2D eigenvalue weighted by Gasteiger charge is -2.15. The van der Waals surface area contributed by atoms with Crippen molar-refractivity contribution in [2.24, 2.45) is 5.41 Å². The van der Waals surface area contributed by atoms with E-state index in [1.165, 1.54) is 0 Å². The van der Waals surface area contributed by atoms with Crippen molar-refractivity contribution in [1.82, 2.24) is 0 Å². The van der Waals surface area contributed by atoms with Crippen molar-refractivity contribution in [3.63, 3.8) is 0 Å². The fourth-order valence-corrected chi connectivity index (χ4v) is 0.587. The SMILES string of the molecule is CCOOC(=O)CC(C)(C)C. The van der Waals surface area contributed by atoms with Crippen LogP contribution in [0.4, 0.5) is 0 Å². The summed E-state index contributed by atoms with van der Waals surface area (Å²) in [5.74, 6) is -0.306. The molecule has 0 aliphatic heterocycles. The van der Waals surface area contributed by atoms with E-state index in [0.29, 0.717) is 13.0 Å². The summed E-state index contributed by atoms with van der Waals surface area (Å²) in [6.07, 6.45) is 0.382. The van der Waals surface area contributed by atoms with E-state index in [-0.39, 0.29) is 11.4 Å². The Morgan fingerprint density at radius 3 is 2.27 bits per heavy atom. The van der Waals surface area contributed by atoms with Crippen LogP contribution >= 0.6 is 0 Å². The van der Waals surface area contributed by atoms with Crippen molar-refractivity contribution < 1.29 is 14.6 Å². The topological polar surface area (TPSA) is 35.5 Å². The molecular formula is C8H16O3. The van der Waals surface area contributed by atoms with Crippen LogP contribution in [0.2, 0.25) is 0 Å². The summed E-state index contributed by atoms with van der Waals surface area (Å²) in [4.78, 5) is 19.8. The molecule has 0 aromatic rings. The highest BCUT2D eigenvalue weighted by molar-refractivity contribution is 5.69. The summed E-state index contributed by atoms with van der Waals surface area (Å²) >= 11 is 0. The van der Waals surface area contributed by atoms with Crippen LogP contribution in [0.1, 0.15) is 34.1 Å². The molecule has 0 aliphatic carbocycles. The molecule has 66 valence electrons. The number of carbonyl (C=O) groups excluding carboxylic acids is 1. The van der Waals surface area contributed by atoms with Gasteiger partial charge in [0.05, 0.1) is 13.0 Å². The van der Waals surface area contributed by atoms with Crippen molar-refractivity contribution in [2.75, 3.05) is 6.61 Å². The molecular weight excluding hydrogens is 144 g/mol. The van der Waals surface area contributed by atoms with Crippen LogP contribution in [-0.4, -0.2) is 12.6 Å². The van der Waals surface area contributed by atoms with Crippen LogP contribution in [0.15, 0.2) is 0 Å². The molecule has 0 unspecified atom stereocenters. The number of hydrogen-bond acceptors (Lipinski definition) is 3. The van der Waals surface area contributed by atoms with E-state index in [2.05, 4.69) is 9.78 Å². The second-order valence-electron chi connectivity index (χ2n) is 3.60. The Kier molecular flexibility index (Phi) is 4.11. The largest absolute Gasteiger partial charge is 0.342 e. The van der Waals surface area contributed by atoms with Gasteiger partial charge in [-0.05, 0) is 12.3 Å². The van der Waals surface area contributed by atoms with E-state index >= 15 is 0 Å². The highest BCUT2D eigenvalue weighted by Gasteiger charge is 2.17. The molecule has 0 bridgehead atoms. The minimum Gasteiger partial charge on any atom is -0.298 e. The first-order valence-electron chi connectivity index (χ1n) is 3.78. The third kappa shape index (κ3) is 7.33. The molecule has 3 heteroatoms. The van der Waals surface area contributed by atoms with Gasteiger partial charge in [0.1, 0.15) is 0 Å². The van der Waals surface area contributed by atoms with Crippen LogP contribution in [0.5, 0.6) is 0 Å². The third-order valence-corrected chi connectivity index (χ3v) is 0.944. The van der Waals surface area contributed by atoms with Gasteiger partial charge in [-0.15, -0.1) is 0 Å². The van der Waals surface area contributed by atoms with Gasteiger partial charge in [-0.1, -0.05) is 20.8 Å². The highest BCUT2D eigenvalue weighted by Crippen LogP contribution is 2.18. The van der Waals surface area contributed by atoms with Gasteiger partial charge in [0.2, 0.25) is 0 Å². The molecule has 0 atom stereocenters. The Morgan fingerprint density at radius 2 is 1.91 bits per heavy atom. The van der Waals surface area contributed by atoms with E-state index in [0.717, 1.165) is 0 Å². The maximum absolute atomic E-state index is 10.9. The summed E-state index contributed by atoms with van der Waals surface area (Å²) in [5, 5.41) is 0. The fraction of sp³-hybridized carbons (Fsp3) is 0.875. The first-order chi connectivity index (χ1) is 4.95. The van der Waals surface area contributed by atoms with E-state index in [4.69, 9.17) is 0 Å². The Hall–Kier alpha value is -0.570. The monoisotopic (exact) mass is 160 g/mol.